The first-order valence-electron chi connectivity index (χ1n) is 6.21. The summed E-state index contributed by atoms with van der Waals surface area (Å²) in [5.74, 6) is -1.53. The van der Waals surface area contributed by atoms with Crippen LogP contribution >= 0.6 is 0 Å². The second kappa shape index (κ2) is 6.59. The number of hydrogen-bond acceptors (Lipinski definition) is 5. The number of carbonyl (C=O) groups excluding carboxylic acids is 1. The molecule has 2 N–H and O–H groups in total. The molecule has 1 atom stereocenters. The van der Waals surface area contributed by atoms with E-state index in [1.165, 1.54) is 6.92 Å². The first kappa shape index (κ1) is 17.0. The highest BCUT2D eigenvalue weighted by molar-refractivity contribution is 5.98. The first-order chi connectivity index (χ1) is 9.62. The van der Waals surface area contributed by atoms with Gasteiger partial charge in [0, 0.05) is 13.1 Å². The van der Waals surface area contributed by atoms with Gasteiger partial charge in [-0.05, 0) is 33.2 Å². The van der Waals surface area contributed by atoms with E-state index in [4.69, 9.17) is 0 Å². The Morgan fingerprint density at radius 3 is 2.67 bits per heavy atom. The lowest BCUT2D eigenvalue weighted by atomic mass is 10.1. The summed E-state index contributed by atoms with van der Waals surface area (Å²) in [5.41, 5.74) is -2.05. The molecule has 8 heteroatoms. The Morgan fingerprint density at radius 1 is 1.52 bits per heavy atom. The third-order valence-electron chi connectivity index (χ3n) is 2.69. The van der Waals surface area contributed by atoms with Crippen LogP contribution in [0.3, 0.4) is 0 Å². The van der Waals surface area contributed by atoms with Crippen LogP contribution < -0.4 is 5.32 Å². The highest BCUT2D eigenvalue weighted by atomic mass is 19.1. The summed E-state index contributed by atoms with van der Waals surface area (Å²) >= 11 is 0. The van der Waals surface area contributed by atoms with Crippen molar-refractivity contribution >= 4 is 11.6 Å². The highest BCUT2D eigenvalue weighted by Crippen LogP contribution is 2.19. The Balaban J connectivity index is 2.84. The van der Waals surface area contributed by atoms with E-state index in [-0.39, 0.29) is 12.1 Å². The van der Waals surface area contributed by atoms with Crippen molar-refractivity contribution in [1.82, 2.24) is 10.2 Å². The van der Waals surface area contributed by atoms with E-state index >= 15 is 0 Å². The molecule has 0 saturated carbocycles. The molecule has 0 heterocycles. The van der Waals surface area contributed by atoms with Crippen LogP contribution in [-0.4, -0.2) is 53.6 Å². The predicted molar refractivity (Wildman–Crippen MR) is 74.6 cm³/mol. The number of nitrogens with one attached hydrogen (secondary N) is 1. The monoisotopic (exact) mass is 299 g/mol. The number of halogens is 1. The first-order valence-corrected chi connectivity index (χ1v) is 6.21. The molecule has 0 aromatic heterocycles. The summed E-state index contributed by atoms with van der Waals surface area (Å²) in [6, 6.07) is 2.70. The molecule has 1 unspecified atom stereocenters. The molecule has 0 aliphatic carbocycles. The molecule has 1 rings (SSSR count). The number of nitro benzene ring substituents is 1. The van der Waals surface area contributed by atoms with Gasteiger partial charge in [0.25, 0.3) is 11.6 Å². The van der Waals surface area contributed by atoms with Crippen molar-refractivity contribution in [2.45, 2.75) is 12.5 Å². The molecule has 1 aromatic rings. The largest absolute Gasteiger partial charge is 0.387 e. The van der Waals surface area contributed by atoms with Gasteiger partial charge in [-0.2, -0.15) is 0 Å². The minimum atomic E-state index is -1.19. The number of aliphatic hydroxyl groups is 1. The van der Waals surface area contributed by atoms with E-state index in [2.05, 4.69) is 5.32 Å². The molecule has 116 valence electrons. The van der Waals surface area contributed by atoms with Crippen molar-refractivity contribution in [3.63, 3.8) is 0 Å². The minimum Gasteiger partial charge on any atom is -0.387 e. The molecule has 1 aromatic carbocycles. The molecular formula is C13H18FN3O4. The van der Waals surface area contributed by atoms with Gasteiger partial charge in [0.1, 0.15) is 11.4 Å². The highest BCUT2D eigenvalue weighted by Gasteiger charge is 2.25. The average Bonchev–Trinajstić information content (AvgIpc) is 2.34. The van der Waals surface area contributed by atoms with E-state index in [1.54, 1.807) is 19.0 Å². The van der Waals surface area contributed by atoms with Crippen LogP contribution in [0.2, 0.25) is 0 Å². The van der Waals surface area contributed by atoms with Crippen molar-refractivity contribution in [1.29, 1.82) is 0 Å². The molecule has 0 aliphatic heterocycles. The van der Waals surface area contributed by atoms with Crippen LogP contribution in [0.1, 0.15) is 17.3 Å². The molecule has 7 nitrogen and oxygen atoms in total. The average molecular weight is 299 g/mol. The van der Waals surface area contributed by atoms with E-state index in [9.17, 15) is 24.4 Å². The number of nitrogens with zero attached hydrogens (tertiary/aromatic N) is 2. The molecule has 1 amide bonds. The van der Waals surface area contributed by atoms with Crippen LogP contribution in [0.25, 0.3) is 0 Å². The van der Waals surface area contributed by atoms with Gasteiger partial charge in [-0.3, -0.25) is 14.9 Å². The molecular weight excluding hydrogens is 281 g/mol. The Morgan fingerprint density at radius 2 is 2.14 bits per heavy atom. The Labute approximate surface area is 121 Å². The van der Waals surface area contributed by atoms with Crippen molar-refractivity contribution in [2.75, 3.05) is 27.2 Å². The lowest BCUT2D eigenvalue weighted by molar-refractivity contribution is -0.385. The van der Waals surface area contributed by atoms with E-state index in [1.807, 2.05) is 0 Å². The SMILES string of the molecule is CN(C)CC(C)(O)CNC(=O)c1ccc(F)cc1[N+](=O)[O-]. The number of nitro groups is 1. The Hall–Kier alpha value is -2.06. The standard InChI is InChI=1S/C13H18FN3O4/c1-13(19,8-16(2)3)7-15-12(18)10-5-4-9(14)6-11(10)17(20)21/h4-6,19H,7-8H2,1-3H3,(H,15,18). The van der Waals surface area contributed by atoms with Gasteiger partial charge in [-0.15, -0.1) is 0 Å². The number of amides is 1. The van der Waals surface area contributed by atoms with Crippen LogP contribution in [0.15, 0.2) is 18.2 Å². The second-order valence-corrected chi connectivity index (χ2v) is 5.34. The molecule has 21 heavy (non-hydrogen) atoms. The van der Waals surface area contributed by atoms with Crippen molar-refractivity contribution in [3.05, 3.63) is 39.7 Å². The molecule has 0 aliphatic rings. The summed E-state index contributed by atoms with van der Waals surface area (Å²) in [6.45, 7) is 1.75. The fourth-order valence-electron chi connectivity index (χ4n) is 1.95. The zero-order valence-electron chi connectivity index (χ0n) is 12.1. The van der Waals surface area contributed by atoms with Crippen LogP contribution in [0.5, 0.6) is 0 Å². The van der Waals surface area contributed by atoms with Gasteiger partial charge >= 0.3 is 0 Å². The number of hydrogen-bond donors (Lipinski definition) is 2. The summed E-state index contributed by atoms with van der Waals surface area (Å²) < 4.78 is 13.0. The summed E-state index contributed by atoms with van der Waals surface area (Å²) in [7, 11) is 3.53. The third-order valence-corrected chi connectivity index (χ3v) is 2.69. The van der Waals surface area contributed by atoms with Crippen molar-refractivity contribution < 1.29 is 19.2 Å². The van der Waals surface area contributed by atoms with Crippen molar-refractivity contribution in [3.8, 4) is 0 Å². The summed E-state index contributed by atoms with van der Waals surface area (Å²) in [6.07, 6.45) is 0. The molecule has 0 saturated heterocycles. The number of benzene rings is 1. The summed E-state index contributed by atoms with van der Waals surface area (Å²) in [4.78, 5) is 23.7. The smallest absolute Gasteiger partial charge is 0.285 e. The lowest BCUT2D eigenvalue weighted by Crippen LogP contribution is -2.47. The Kier molecular flexibility index (Phi) is 5.34. The topological polar surface area (TPSA) is 95.7 Å². The lowest BCUT2D eigenvalue weighted by Gasteiger charge is -2.27. The van der Waals surface area contributed by atoms with Crippen LogP contribution in [0.4, 0.5) is 10.1 Å². The number of rotatable bonds is 6. The second-order valence-electron chi connectivity index (χ2n) is 5.34. The maximum absolute atomic E-state index is 13.0. The molecule has 0 spiro atoms. The molecule has 0 radical (unpaired) electrons. The van der Waals surface area contributed by atoms with Crippen LogP contribution in [-0.2, 0) is 0 Å². The Bertz CT molecular complexity index is 546. The quantitative estimate of drug-likeness (QED) is 0.597. The maximum Gasteiger partial charge on any atom is 0.285 e. The predicted octanol–water partition coefficient (Wildman–Crippen LogP) is 0.776. The van der Waals surface area contributed by atoms with E-state index < -0.39 is 27.9 Å². The van der Waals surface area contributed by atoms with Gasteiger partial charge in [0.2, 0.25) is 0 Å². The van der Waals surface area contributed by atoms with Gasteiger partial charge in [-0.1, -0.05) is 0 Å². The van der Waals surface area contributed by atoms with Crippen molar-refractivity contribution in [2.24, 2.45) is 0 Å². The fraction of sp³-hybridized carbons (Fsp3) is 0.462. The molecule has 0 fully saturated rings. The number of carbonyl (C=O) groups is 1. The fourth-order valence-corrected chi connectivity index (χ4v) is 1.95. The third kappa shape index (κ3) is 5.09. The van der Waals surface area contributed by atoms with Gasteiger partial charge < -0.3 is 15.3 Å². The van der Waals surface area contributed by atoms with E-state index in [0.29, 0.717) is 12.6 Å². The molecule has 0 bridgehead atoms. The van der Waals surface area contributed by atoms with Crippen LogP contribution in [0, 0.1) is 15.9 Å². The van der Waals surface area contributed by atoms with Gasteiger partial charge in [-0.25, -0.2) is 4.39 Å². The zero-order chi connectivity index (χ0) is 16.2. The van der Waals surface area contributed by atoms with Gasteiger partial charge in [0.15, 0.2) is 0 Å². The summed E-state index contributed by atoms with van der Waals surface area (Å²) in [5, 5.41) is 23.3. The zero-order valence-corrected chi connectivity index (χ0v) is 12.1. The number of likely N-dealkylation sites (N-methyl/N-ethyl adjacent to an activating group) is 1. The normalized spacial score (nSPS) is 13.8. The minimum absolute atomic E-state index is 0.0848. The maximum atomic E-state index is 13.0. The van der Waals surface area contributed by atoms with E-state index in [0.717, 1.165) is 12.1 Å². The van der Waals surface area contributed by atoms with Gasteiger partial charge in [0.05, 0.1) is 16.6 Å².